The molecule has 0 saturated carbocycles. The monoisotopic (exact) mass is 195 g/mol. The zero-order chi connectivity index (χ0) is 9.84. The minimum atomic E-state index is 0.234. The van der Waals surface area contributed by atoms with Crippen molar-refractivity contribution in [2.75, 3.05) is 5.43 Å². The molecular formula is C9H13N3S. The van der Waals surface area contributed by atoms with Gasteiger partial charge in [-0.1, -0.05) is 6.07 Å². The summed E-state index contributed by atoms with van der Waals surface area (Å²) in [5.41, 5.74) is 14.3. The second kappa shape index (κ2) is 4.09. The Balaban J connectivity index is 2.68. The predicted molar refractivity (Wildman–Crippen MR) is 59.5 cm³/mol. The lowest BCUT2D eigenvalue weighted by Crippen LogP contribution is -2.33. The Labute approximate surface area is 83.3 Å². The van der Waals surface area contributed by atoms with Gasteiger partial charge in [-0.15, -0.1) is 0 Å². The first-order valence-electron chi connectivity index (χ1n) is 3.98. The van der Waals surface area contributed by atoms with E-state index in [-0.39, 0.29) is 5.11 Å². The van der Waals surface area contributed by atoms with Crippen LogP contribution in [0.15, 0.2) is 18.2 Å². The number of hydrogen-bond donors (Lipinski definition) is 3. The summed E-state index contributed by atoms with van der Waals surface area (Å²) < 4.78 is 0. The summed E-state index contributed by atoms with van der Waals surface area (Å²) in [7, 11) is 0. The Bertz CT molecular complexity index is 323. The fraction of sp³-hybridized carbons (Fsp3) is 0.222. The Kier molecular flexibility index (Phi) is 3.08. The minimum absolute atomic E-state index is 0.234. The van der Waals surface area contributed by atoms with E-state index in [1.807, 2.05) is 18.2 Å². The van der Waals surface area contributed by atoms with Gasteiger partial charge in [-0.2, -0.15) is 0 Å². The topological polar surface area (TPSA) is 50.1 Å². The van der Waals surface area contributed by atoms with Crippen LogP contribution in [0.25, 0.3) is 0 Å². The molecule has 1 rings (SSSR count). The van der Waals surface area contributed by atoms with Gasteiger partial charge in [0.15, 0.2) is 5.11 Å². The first kappa shape index (κ1) is 9.80. The van der Waals surface area contributed by atoms with Gasteiger partial charge in [0.25, 0.3) is 0 Å². The highest BCUT2D eigenvalue weighted by atomic mass is 32.1. The maximum Gasteiger partial charge on any atom is 0.182 e. The van der Waals surface area contributed by atoms with Gasteiger partial charge >= 0.3 is 0 Å². The molecule has 13 heavy (non-hydrogen) atoms. The maximum atomic E-state index is 5.27. The van der Waals surface area contributed by atoms with E-state index in [1.165, 1.54) is 11.1 Å². The van der Waals surface area contributed by atoms with Crippen molar-refractivity contribution in [1.29, 1.82) is 0 Å². The third kappa shape index (κ3) is 2.91. The highest BCUT2D eigenvalue weighted by molar-refractivity contribution is 7.80. The van der Waals surface area contributed by atoms with Gasteiger partial charge in [0.1, 0.15) is 0 Å². The minimum Gasteiger partial charge on any atom is -0.375 e. The molecule has 0 aliphatic rings. The quantitative estimate of drug-likeness (QED) is 0.494. The molecule has 0 spiro atoms. The molecule has 0 radical (unpaired) electrons. The lowest BCUT2D eigenvalue weighted by atomic mass is 10.1. The summed E-state index contributed by atoms with van der Waals surface area (Å²) in [5, 5.41) is 0.234. The lowest BCUT2D eigenvalue weighted by Gasteiger charge is -2.09. The summed E-state index contributed by atoms with van der Waals surface area (Å²) >= 11 is 4.66. The van der Waals surface area contributed by atoms with Crippen LogP contribution in [-0.2, 0) is 0 Å². The van der Waals surface area contributed by atoms with Gasteiger partial charge < -0.3 is 5.73 Å². The number of nitrogens with two attached hydrogens (primary N) is 1. The van der Waals surface area contributed by atoms with Crippen molar-refractivity contribution in [3.05, 3.63) is 29.3 Å². The van der Waals surface area contributed by atoms with E-state index in [4.69, 9.17) is 5.73 Å². The van der Waals surface area contributed by atoms with E-state index in [0.717, 1.165) is 5.69 Å². The van der Waals surface area contributed by atoms with Gasteiger partial charge in [0, 0.05) is 0 Å². The fourth-order valence-corrected chi connectivity index (χ4v) is 1.00. The molecule has 0 aliphatic heterocycles. The van der Waals surface area contributed by atoms with Crippen molar-refractivity contribution < 1.29 is 0 Å². The van der Waals surface area contributed by atoms with Gasteiger partial charge in [0.05, 0.1) is 5.69 Å². The number of hydrazine groups is 1. The van der Waals surface area contributed by atoms with Crippen molar-refractivity contribution in [1.82, 2.24) is 5.43 Å². The second-order valence-electron chi connectivity index (χ2n) is 2.91. The van der Waals surface area contributed by atoms with Crippen LogP contribution >= 0.6 is 12.2 Å². The lowest BCUT2D eigenvalue weighted by molar-refractivity contribution is 1.12. The third-order valence-electron chi connectivity index (χ3n) is 1.84. The highest BCUT2D eigenvalue weighted by Crippen LogP contribution is 2.12. The number of hydrogen-bond acceptors (Lipinski definition) is 2. The van der Waals surface area contributed by atoms with Crippen molar-refractivity contribution in [3.63, 3.8) is 0 Å². The average Bonchev–Trinajstić information content (AvgIpc) is 2.07. The van der Waals surface area contributed by atoms with Gasteiger partial charge in [-0.05, 0) is 49.3 Å². The van der Waals surface area contributed by atoms with Crippen molar-refractivity contribution >= 4 is 23.0 Å². The van der Waals surface area contributed by atoms with Crippen LogP contribution in [0, 0.1) is 13.8 Å². The SMILES string of the molecule is Cc1ccc(NNC(N)=S)cc1C. The molecule has 0 heterocycles. The molecule has 0 bridgehead atoms. The van der Waals surface area contributed by atoms with E-state index < -0.39 is 0 Å². The van der Waals surface area contributed by atoms with Crippen LogP contribution in [0.4, 0.5) is 5.69 Å². The summed E-state index contributed by atoms with van der Waals surface area (Å²) in [6.07, 6.45) is 0. The molecule has 0 aliphatic carbocycles. The standard InChI is InChI=1S/C9H13N3S/c1-6-3-4-8(5-7(6)2)11-12-9(10)13/h3-5,11H,1-2H3,(H3,10,12,13). The number of rotatable bonds is 2. The van der Waals surface area contributed by atoms with Gasteiger partial charge in [0.2, 0.25) is 0 Å². The van der Waals surface area contributed by atoms with Gasteiger partial charge in [-0.25, -0.2) is 0 Å². The Morgan fingerprint density at radius 3 is 2.54 bits per heavy atom. The van der Waals surface area contributed by atoms with Crippen LogP contribution in [0.1, 0.15) is 11.1 Å². The number of benzene rings is 1. The highest BCUT2D eigenvalue weighted by Gasteiger charge is 1.94. The van der Waals surface area contributed by atoms with E-state index in [1.54, 1.807) is 0 Å². The van der Waals surface area contributed by atoms with Crippen LogP contribution in [0.3, 0.4) is 0 Å². The fourth-order valence-electron chi connectivity index (χ4n) is 0.953. The van der Waals surface area contributed by atoms with Gasteiger partial charge in [-0.3, -0.25) is 10.9 Å². The molecule has 70 valence electrons. The molecule has 0 atom stereocenters. The zero-order valence-electron chi connectivity index (χ0n) is 7.72. The Hall–Kier alpha value is -1.29. The summed E-state index contributed by atoms with van der Waals surface area (Å²) in [5.74, 6) is 0. The molecule has 1 aromatic rings. The first-order chi connectivity index (χ1) is 6.09. The van der Waals surface area contributed by atoms with E-state index >= 15 is 0 Å². The van der Waals surface area contributed by atoms with Crippen LogP contribution in [-0.4, -0.2) is 5.11 Å². The summed E-state index contributed by atoms with van der Waals surface area (Å²) in [6.45, 7) is 4.13. The number of thiocarbonyl (C=S) groups is 1. The normalized spacial score (nSPS) is 9.38. The van der Waals surface area contributed by atoms with Crippen LogP contribution in [0.5, 0.6) is 0 Å². The number of anilines is 1. The van der Waals surface area contributed by atoms with E-state index in [2.05, 4.69) is 36.9 Å². The van der Waals surface area contributed by atoms with Crippen molar-refractivity contribution in [2.24, 2.45) is 5.73 Å². The number of nitrogens with one attached hydrogen (secondary N) is 2. The molecule has 4 heteroatoms. The Morgan fingerprint density at radius 1 is 1.31 bits per heavy atom. The average molecular weight is 195 g/mol. The number of aryl methyl sites for hydroxylation is 2. The molecule has 0 amide bonds. The van der Waals surface area contributed by atoms with E-state index in [0.29, 0.717) is 0 Å². The summed E-state index contributed by atoms with van der Waals surface area (Å²) in [4.78, 5) is 0. The molecule has 0 saturated heterocycles. The molecular weight excluding hydrogens is 182 g/mol. The molecule has 3 nitrogen and oxygen atoms in total. The van der Waals surface area contributed by atoms with Crippen molar-refractivity contribution in [3.8, 4) is 0 Å². The smallest absolute Gasteiger partial charge is 0.182 e. The molecule has 1 aromatic carbocycles. The van der Waals surface area contributed by atoms with E-state index in [9.17, 15) is 0 Å². The molecule has 0 aromatic heterocycles. The molecule has 0 fully saturated rings. The molecule has 4 N–H and O–H groups in total. The first-order valence-corrected chi connectivity index (χ1v) is 4.39. The van der Waals surface area contributed by atoms with Crippen LogP contribution < -0.4 is 16.6 Å². The van der Waals surface area contributed by atoms with Crippen molar-refractivity contribution in [2.45, 2.75) is 13.8 Å². The Morgan fingerprint density at radius 2 is 2.00 bits per heavy atom. The second-order valence-corrected chi connectivity index (χ2v) is 3.35. The molecule has 0 unspecified atom stereocenters. The van der Waals surface area contributed by atoms with Crippen LogP contribution in [0.2, 0.25) is 0 Å². The maximum absolute atomic E-state index is 5.27. The largest absolute Gasteiger partial charge is 0.375 e. The summed E-state index contributed by atoms with van der Waals surface area (Å²) in [6, 6.07) is 6.03. The third-order valence-corrected chi connectivity index (χ3v) is 1.94. The zero-order valence-corrected chi connectivity index (χ0v) is 8.53. The predicted octanol–water partition coefficient (Wildman–Crippen LogP) is 1.46.